The number of hydrogen-bond acceptors (Lipinski definition) is 16. The van der Waals surface area contributed by atoms with Gasteiger partial charge in [-0.3, -0.25) is 57.5 Å². The molecule has 12 unspecified atom stereocenters. The van der Waals surface area contributed by atoms with Crippen LogP contribution in [0.2, 0.25) is 0 Å². The van der Waals surface area contributed by atoms with E-state index in [4.69, 9.17) is 17.2 Å². The molecule has 2 rings (SSSR count). The summed E-state index contributed by atoms with van der Waals surface area (Å²) in [6.07, 6.45) is 2.85. The molecule has 1 aromatic carbocycles. The number of carboxylic acids is 1. The van der Waals surface area contributed by atoms with Crippen molar-refractivity contribution in [1.82, 2.24) is 63.1 Å². The number of H-pyrrole nitrogens is 1. The number of aliphatic hydroxyl groups excluding tert-OH is 1. The van der Waals surface area contributed by atoms with E-state index in [1.165, 1.54) is 26.4 Å². The summed E-state index contributed by atoms with van der Waals surface area (Å²) in [7, 11) is 0. The first-order valence-corrected chi connectivity index (χ1v) is 28.1. The average molecular weight is 1180 g/mol. The first kappa shape index (κ1) is 72.1. The minimum absolute atomic E-state index is 0.00296. The lowest BCUT2D eigenvalue weighted by atomic mass is 9.97. The predicted octanol–water partition coefficient (Wildman–Crippen LogP) is -3.49. The van der Waals surface area contributed by atoms with Crippen LogP contribution in [0.25, 0.3) is 0 Å². The largest absolute Gasteiger partial charge is 0.481 e. The number of imidazole rings is 1. The summed E-state index contributed by atoms with van der Waals surface area (Å²) in [4.78, 5) is 167. The molecular weight excluding hydrogens is 1090 g/mol. The van der Waals surface area contributed by atoms with Gasteiger partial charge < -0.3 is 85.6 Å². The molecule has 84 heavy (non-hydrogen) atoms. The molecule has 0 saturated heterocycles. The van der Waals surface area contributed by atoms with Crippen molar-refractivity contribution >= 4 is 70.9 Å². The Balaban J connectivity index is 2.32. The van der Waals surface area contributed by atoms with Crippen LogP contribution in [-0.4, -0.2) is 171 Å². The van der Waals surface area contributed by atoms with E-state index >= 15 is 0 Å². The van der Waals surface area contributed by atoms with E-state index < -0.39 is 168 Å². The number of aliphatic hydroxyl groups is 1. The monoisotopic (exact) mass is 1180 g/mol. The SMILES string of the molecule is CCC(C)C(NC(=O)C(Cc1cnc[nH]1)NC(=O)C(CCCCN)NC(=O)C(NC(=O)C(NC(=O)C(CC(=O)O)NC(=O)C(N)Cc1ccccc1)C(C)C)C(C)C)C(=O)NC(C)C(=O)NC(CO)C(=O)NC(C)C(=O)NC(C(N)=O)C(C)C. The highest BCUT2D eigenvalue weighted by molar-refractivity contribution is 5.99. The van der Waals surface area contributed by atoms with E-state index in [-0.39, 0.29) is 31.7 Å². The second kappa shape index (κ2) is 35.8. The Labute approximate surface area is 489 Å². The maximum absolute atomic E-state index is 14.4. The number of amides is 11. The zero-order valence-corrected chi connectivity index (χ0v) is 49.5. The van der Waals surface area contributed by atoms with Crippen molar-refractivity contribution in [2.45, 2.75) is 181 Å². The van der Waals surface area contributed by atoms with Crippen LogP contribution in [0.3, 0.4) is 0 Å². The van der Waals surface area contributed by atoms with Crippen LogP contribution >= 0.6 is 0 Å². The summed E-state index contributed by atoms with van der Waals surface area (Å²) < 4.78 is 0. The van der Waals surface area contributed by atoms with Crippen LogP contribution in [0.1, 0.15) is 113 Å². The van der Waals surface area contributed by atoms with Gasteiger partial charge in [-0.05, 0) is 75.3 Å². The van der Waals surface area contributed by atoms with Crippen molar-refractivity contribution in [1.29, 1.82) is 0 Å². The molecule has 12 atom stereocenters. The number of primary amides is 1. The first-order valence-electron chi connectivity index (χ1n) is 28.1. The van der Waals surface area contributed by atoms with Gasteiger partial charge in [0.1, 0.15) is 60.4 Å². The minimum Gasteiger partial charge on any atom is -0.481 e. The Morgan fingerprint density at radius 2 is 0.988 bits per heavy atom. The number of nitrogens with zero attached hydrogens (tertiary/aromatic N) is 1. The summed E-state index contributed by atoms with van der Waals surface area (Å²) >= 11 is 0. The summed E-state index contributed by atoms with van der Waals surface area (Å²) in [6.45, 7) is 15.0. The topological polar surface area (TPSA) is 472 Å². The quantitative estimate of drug-likeness (QED) is 0.0292. The number of carboxylic acid groups (broad SMARTS) is 1. The number of rotatable bonds is 37. The number of unbranched alkanes of at least 4 members (excludes halogenated alkanes) is 1. The Hall–Kier alpha value is -8.05. The number of hydrogen-bond donors (Lipinski definition) is 16. The van der Waals surface area contributed by atoms with Crippen LogP contribution in [0, 0.1) is 23.7 Å². The molecule has 0 aliphatic carbocycles. The molecule has 0 aliphatic rings. The Morgan fingerprint density at radius 3 is 1.50 bits per heavy atom. The lowest BCUT2D eigenvalue weighted by molar-refractivity contribution is -0.141. The third-order valence-corrected chi connectivity index (χ3v) is 13.7. The second-order valence-electron chi connectivity index (χ2n) is 21.8. The van der Waals surface area contributed by atoms with Crippen molar-refractivity contribution in [2.24, 2.45) is 40.9 Å². The van der Waals surface area contributed by atoms with Gasteiger partial charge in [0.15, 0.2) is 0 Å². The van der Waals surface area contributed by atoms with Gasteiger partial charge in [-0.25, -0.2) is 4.98 Å². The maximum Gasteiger partial charge on any atom is 0.305 e. The molecule has 0 saturated carbocycles. The molecule has 0 radical (unpaired) electrons. The van der Waals surface area contributed by atoms with Crippen molar-refractivity contribution in [2.75, 3.05) is 13.2 Å². The molecular formula is C55H89N15O14. The molecule has 29 heteroatoms. The molecule has 468 valence electrons. The average Bonchev–Trinajstić information content (AvgIpc) is 4.05. The van der Waals surface area contributed by atoms with Crippen molar-refractivity contribution in [3.05, 3.63) is 54.1 Å². The number of carbonyl (C=O) groups is 12. The van der Waals surface area contributed by atoms with Gasteiger partial charge in [-0.15, -0.1) is 0 Å². The van der Waals surface area contributed by atoms with E-state index in [0.717, 1.165) is 5.56 Å². The normalized spacial score (nSPS) is 15.6. The van der Waals surface area contributed by atoms with Crippen LogP contribution in [-0.2, 0) is 70.4 Å². The Kier molecular flexibility index (Phi) is 30.7. The standard InChI is InChI=1S/C55H89N15O14/c1-11-30(8)44(55(84)62-31(9)46(75)66-39(25-71)52(81)61-32(10)47(76)67-41(27(2)3)45(58)74)70-50(79)37(22-34-24-59-26-60-34)65-49(78)36(19-15-16-20-56)63-53(82)42(28(4)5)69-54(83)43(29(6)7)68-51(80)38(23-40(72)73)64-48(77)35(57)21-33-17-13-12-14-18-33/h12-14,17-18,24,26-32,35-39,41-44,71H,11,15-16,19-23,25,56-57H2,1-10H3,(H2,58,74)(H,59,60)(H,61,81)(H,62,84)(H,63,82)(H,64,77)(H,65,78)(H,66,75)(H,67,76)(H,68,80)(H,69,83)(H,70,79)(H,72,73). The number of aliphatic carboxylic acids is 1. The molecule has 0 fully saturated rings. The number of aromatic nitrogens is 2. The van der Waals surface area contributed by atoms with Gasteiger partial charge in [-0.1, -0.05) is 92.1 Å². The highest BCUT2D eigenvalue weighted by atomic mass is 16.4. The minimum atomic E-state index is -1.65. The van der Waals surface area contributed by atoms with E-state index in [1.54, 1.807) is 85.7 Å². The van der Waals surface area contributed by atoms with Crippen molar-refractivity contribution in [3.8, 4) is 0 Å². The number of benzene rings is 1. The third-order valence-electron chi connectivity index (χ3n) is 13.7. The van der Waals surface area contributed by atoms with Crippen molar-refractivity contribution in [3.63, 3.8) is 0 Å². The number of aromatic amines is 1. The molecule has 29 nitrogen and oxygen atoms in total. The number of nitrogens with one attached hydrogen (secondary N) is 11. The summed E-state index contributed by atoms with van der Waals surface area (Å²) in [5.41, 5.74) is 18.4. The fourth-order valence-corrected chi connectivity index (χ4v) is 8.35. The van der Waals surface area contributed by atoms with Gasteiger partial charge in [0.25, 0.3) is 0 Å². The van der Waals surface area contributed by atoms with E-state index in [1.807, 2.05) is 0 Å². The lowest BCUT2D eigenvalue weighted by Gasteiger charge is -2.30. The molecule has 2 aromatic rings. The third kappa shape index (κ3) is 24.0. The summed E-state index contributed by atoms with van der Waals surface area (Å²) in [5.74, 6) is -13.1. The van der Waals surface area contributed by atoms with E-state index in [2.05, 4.69) is 63.1 Å². The molecule has 11 amide bonds. The van der Waals surface area contributed by atoms with Gasteiger partial charge >= 0.3 is 5.97 Å². The molecule has 0 bridgehead atoms. The highest BCUT2D eigenvalue weighted by Crippen LogP contribution is 2.14. The molecule has 0 aliphatic heterocycles. The van der Waals surface area contributed by atoms with E-state index in [9.17, 15) is 67.7 Å². The van der Waals surface area contributed by atoms with Crippen LogP contribution in [0.5, 0.6) is 0 Å². The molecule has 19 N–H and O–H groups in total. The van der Waals surface area contributed by atoms with Gasteiger partial charge in [0, 0.05) is 18.3 Å². The second-order valence-corrected chi connectivity index (χ2v) is 21.8. The number of nitrogens with two attached hydrogens (primary N) is 3. The lowest BCUT2D eigenvalue weighted by Crippen LogP contribution is -2.62. The van der Waals surface area contributed by atoms with E-state index in [0.29, 0.717) is 25.0 Å². The van der Waals surface area contributed by atoms with Crippen molar-refractivity contribution < 1.29 is 67.7 Å². The van der Waals surface area contributed by atoms with Gasteiger partial charge in [0.05, 0.1) is 25.4 Å². The molecule has 1 heterocycles. The fraction of sp³-hybridized carbons (Fsp3) is 0.618. The Bertz CT molecular complexity index is 2530. The van der Waals surface area contributed by atoms with Crippen LogP contribution < -0.4 is 70.4 Å². The zero-order chi connectivity index (χ0) is 63.5. The fourth-order valence-electron chi connectivity index (χ4n) is 8.35. The van der Waals surface area contributed by atoms with Gasteiger partial charge in [-0.2, -0.15) is 0 Å². The first-order chi connectivity index (χ1) is 39.4. The van der Waals surface area contributed by atoms with Crippen LogP contribution in [0.15, 0.2) is 42.9 Å². The number of carbonyl (C=O) groups excluding carboxylic acids is 11. The van der Waals surface area contributed by atoms with Crippen LogP contribution in [0.4, 0.5) is 0 Å². The molecule has 0 spiro atoms. The Morgan fingerprint density at radius 1 is 0.536 bits per heavy atom. The predicted molar refractivity (Wildman–Crippen MR) is 306 cm³/mol. The zero-order valence-electron chi connectivity index (χ0n) is 49.5. The summed E-state index contributed by atoms with van der Waals surface area (Å²) in [5, 5.41) is 44.9. The summed E-state index contributed by atoms with van der Waals surface area (Å²) in [6, 6.07) is -6.07. The molecule has 1 aromatic heterocycles. The van der Waals surface area contributed by atoms with Gasteiger partial charge in [0.2, 0.25) is 65.0 Å². The maximum atomic E-state index is 14.4. The highest BCUT2D eigenvalue weighted by Gasteiger charge is 2.38. The smallest absolute Gasteiger partial charge is 0.305 e.